The zero-order valence-corrected chi connectivity index (χ0v) is 14.3. The zero-order chi connectivity index (χ0) is 16.8. The van der Waals surface area contributed by atoms with Gasteiger partial charge >= 0.3 is 0 Å². The monoisotopic (exact) mass is 340 g/mol. The lowest BCUT2D eigenvalue weighted by Gasteiger charge is -2.03. The quantitative estimate of drug-likeness (QED) is 0.533. The fourth-order valence-electron chi connectivity index (χ4n) is 2.21. The Bertz CT molecular complexity index is 791. The topological polar surface area (TPSA) is 76.4 Å². The third-order valence-corrected chi connectivity index (χ3v) is 4.47. The van der Waals surface area contributed by atoms with E-state index < -0.39 is 0 Å². The molecule has 0 atom stereocenters. The number of aromatic nitrogens is 1. The van der Waals surface area contributed by atoms with Crippen molar-refractivity contribution in [3.8, 4) is 11.3 Å². The summed E-state index contributed by atoms with van der Waals surface area (Å²) in [6.07, 6.45) is 2.65. The summed E-state index contributed by atoms with van der Waals surface area (Å²) in [6.45, 7) is 3.14. The minimum Gasteiger partial charge on any atom is -0.439 e. The molecule has 0 aliphatic carbocycles. The lowest BCUT2D eigenvalue weighted by Crippen LogP contribution is -2.33. The molecule has 0 aliphatic heterocycles. The molecule has 0 spiro atoms. The molecule has 24 heavy (non-hydrogen) atoms. The van der Waals surface area contributed by atoms with Crippen LogP contribution in [0, 0.1) is 6.92 Å². The molecule has 0 aliphatic rings. The predicted molar refractivity (Wildman–Crippen MR) is 98.0 cm³/mol. The highest BCUT2D eigenvalue weighted by Crippen LogP contribution is 2.20. The van der Waals surface area contributed by atoms with Crippen LogP contribution in [-0.4, -0.2) is 17.5 Å². The SMILES string of the molecule is Cc1ccc(-c2cnc(CN=C(N)NCCc3cccs3)o2)cc1. The Morgan fingerprint density at radius 3 is 2.88 bits per heavy atom. The van der Waals surface area contributed by atoms with Crippen LogP contribution in [-0.2, 0) is 13.0 Å². The molecular formula is C18H20N4OS. The number of nitrogens with one attached hydrogen (secondary N) is 1. The number of benzene rings is 1. The first-order chi connectivity index (χ1) is 11.7. The Kier molecular flexibility index (Phi) is 5.28. The molecule has 2 heterocycles. The number of oxazole rings is 1. The van der Waals surface area contributed by atoms with E-state index >= 15 is 0 Å². The van der Waals surface area contributed by atoms with Crippen molar-refractivity contribution in [2.45, 2.75) is 19.9 Å². The zero-order valence-electron chi connectivity index (χ0n) is 13.5. The summed E-state index contributed by atoms with van der Waals surface area (Å²) in [5, 5.41) is 5.17. The normalized spacial score (nSPS) is 11.6. The highest BCUT2D eigenvalue weighted by atomic mass is 32.1. The Labute approximate surface area is 145 Å². The average Bonchev–Trinajstić information content (AvgIpc) is 3.25. The van der Waals surface area contributed by atoms with Gasteiger partial charge in [0.05, 0.1) is 6.20 Å². The van der Waals surface area contributed by atoms with Crippen LogP contribution in [0.5, 0.6) is 0 Å². The van der Waals surface area contributed by atoms with Crippen LogP contribution in [0.3, 0.4) is 0 Å². The van der Waals surface area contributed by atoms with E-state index in [0.717, 1.165) is 24.3 Å². The van der Waals surface area contributed by atoms with Crippen LogP contribution < -0.4 is 11.1 Å². The second kappa shape index (κ2) is 7.79. The van der Waals surface area contributed by atoms with Gasteiger partial charge in [-0.15, -0.1) is 11.3 Å². The maximum atomic E-state index is 5.87. The number of nitrogens with two attached hydrogens (primary N) is 1. The van der Waals surface area contributed by atoms with Crippen LogP contribution in [0.2, 0.25) is 0 Å². The van der Waals surface area contributed by atoms with E-state index in [9.17, 15) is 0 Å². The Morgan fingerprint density at radius 2 is 2.12 bits per heavy atom. The van der Waals surface area contributed by atoms with Crippen LogP contribution in [0.25, 0.3) is 11.3 Å². The standard InChI is InChI=1S/C18H20N4OS/c1-13-4-6-14(7-5-13)16-11-21-17(23-16)12-22-18(19)20-9-8-15-3-2-10-24-15/h2-7,10-11H,8-9,12H2,1H3,(H3,19,20,22). The molecule has 3 rings (SSSR count). The van der Waals surface area contributed by atoms with E-state index in [-0.39, 0.29) is 0 Å². The molecule has 1 aromatic carbocycles. The van der Waals surface area contributed by atoms with E-state index in [4.69, 9.17) is 10.2 Å². The number of aryl methyl sites for hydroxylation is 1. The van der Waals surface area contributed by atoms with Gasteiger partial charge in [0.2, 0.25) is 5.89 Å². The summed E-state index contributed by atoms with van der Waals surface area (Å²) in [5.41, 5.74) is 8.09. The second-order valence-electron chi connectivity index (χ2n) is 5.44. The molecule has 3 aromatic rings. The second-order valence-corrected chi connectivity index (χ2v) is 6.47. The fraction of sp³-hybridized carbons (Fsp3) is 0.222. The number of rotatable bonds is 6. The summed E-state index contributed by atoms with van der Waals surface area (Å²) in [4.78, 5) is 9.84. The van der Waals surface area contributed by atoms with Gasteiger partial charge in [0.25, 0.3) is 0 Å². The molecular weight excluding hydrogens is 320 g/mol. The average molecular weight is 340 g/mol. The Balaban J connectivity index is 1.51. The summed E-state index contributed by atoms with van der Waals surface area (Å²) in [6, 6.07) is 12.3. The molecule has 0 saturated carbocycles. The molecule has 124 valence electrons. The van der Waals surface area contributed by atoms with Crippen molar-refractivity contribution in [2.24, 2.45) is 10.7 Å². The van der Waals surface area contributed by atoms with E-state index in [1.807, 2.05) is 30.3 Å². The maximum absolute atomic E-state index is 5.87. The Morgan fingerprint density at radius 1 is 1.29 bits per heavy atom. The first-order valence-electron chi connectivity index (χ1n) is 7.78. The smallest absolute Gasteiger partial charge is 0.216 e. The fourth-order valence-corrected chi connectivity index (χ4v) is 2.92. The van der Waals surface area contributed by atoms with Gasteiger partial charge in [-0.1, -0.05) is 35.9 Å². The van der Waals surface area contributed by atoms with Gasteiger partial charge in [0, 0.05) is 17.0 Å². The number of nitrogens with zero attached hydrogens (tertiary/aromatic N) is 2. The molecule has 0 saturated heterocycles. The highest BCUT2D eigenvalue weighted by Gasteiger charge is 2.06. The molecule has 0 amide bonds. The largest absolute Gasteiger partial charge is 0.439 e. The Hall–Kier alpha value is -2.60. The molecule has 2 aromatic heterocycles. The number of guanidine groups is 1. The lowest BCUT2D eigenvalue weighted by molar-refractivity contribution is 0.509. The summed E-state index contributed by atoms with van der Waals surface area (Å²) < 4.78 is 5.72. The van der Waals surface area contributed by atoms with Crippen molar-refractivity contribution in [2.75, 3.05) is 6.54 Å². The van der Waals surface area contributed by atoms with Crippen molar-refractivity contribution in [3.05, 3.63) is 64.3 Å². The van der Waals surface area contributed by atoms with Gasteiger partial charge in [-0.25, -0.2) is 9.98 Å². The van der Waals surface area contributed by atoms with E-state index in [1.54, 1.807) is 17.5 Å². The minimum atomic E-state index is 0.323. The van der Waals surface area contributed by atoms with Crippen LogP contribution >= 0.6 is 11.3 Å². The van der Waals surface area contributed by atoms with Crippen LogP contribution in [0.1, 0.15) is 16.3 Å². The number of hydrogen-bond donors (Lipinski definition) is 2. The van der Waals surface area contributed by atoms with Gasteiger partial charge < -0.3 is 15.5 Å². The van der Waals surface area contributed by atoms with Gasteiger partial charge in [-0.3, -0.25) is 0 Å². The van der Waals surface area contributed by atoms with Crippen molar-refractivity contribution >= 4 is 17.3 Å². The first kappa shape index (κ1) is 16.3. The molecule has 3 N–H and O–H groups in total. The van der Waals surface area contributed by atoms with Gasteiger partial charge in [0.15, 0.2) is 11.7 Å². The summed E-state index contributed by atoms with van der Waals surface area (Å²) in [7, 11) is 0. The number of hydrogen-bond acceptors (Lipinski definition) is 4. The van der Waals surface area contributed by atoms with Gasteiger partial charge in [-0.2, -0.15) is 0 Å². The summed E-state index contributed by atoms with van der Waals surface area (Å²) in [5.74, 6) is 1.69. The van der Waals surface area contributed by atoms with Crippen molar-refractivity contribution < 1.29 is 4.42 Å². The molecule has 0 unspecified atom stereocenters. The number of aliphatic imine (C=N–C) groups is 1. The van der Waals surface area contributed by atoms with E-state index in [0.29, 0.717) is 18.4 Å². The van der Waals surface area contributed by atoms with Crippen molar-refractivity contribution in [1.29, 1.82) is 0 Å². The predicted octanol–water partition coefficient (Wildman–Crippen LogP) is 3.36. The van der Waals surface area contributed by atoms with Crippen LogP contribution in [0.4, 0.5) is 0 Å². The maximum Gasteiger partial charge on any atom is 0.216 e. The highest BCUT2D eigenvalue weighted by molar-refractivity contribution is 7.09. The molecule has 6 heteroatoms. The van der Waals surface area contributed by atoms with Crippen molar-refractivity contribution in [3.63, 3.8) is 0 Å². The molecule has 0 radical (unpaired) electrons. The first-order valence-corrected chi connectivity index (χ1v) is 8.66. The minimum absolute atomic E-state index is 0.323. The lowest BCUT2D eigenvalue weighted by atomic mass is 10.1. The third-order valence-electron chi connectivity index (χ3n) is 3.53. The number of thiophene rings is 1. The van der Waals surface area contributed by atoms with E-state index in [1.165, 1.54) is 10.4 Å². The van der Waals surface area contributed by atoms with E-state index in [2.05, 4.69) is 33.7 Å². The third kappa shape index (κ3) is 4.45. The summed E-state index contributed by atoms with van der Waals surface area (Å²) >= 11 is 1.74. The van der Waals surface area contributed by atoms with Crippen molar-refractivity contribution in [1.82, 2.24) is 10.3 Å². The molecule has 5 nitrogen and oxygen atoms in total. The molecule has 0 bridgehead atoms. The van der Waals surface area contributed by atoms with Gasteiger partial charge in [0.1, 0.15) is 6.54 Å². The van der Waals surface area contributed by atoms with Gasteiger partial charge in [-0.05, 0) is 24.8 Å². The molecule has 0 fully saturated rings. The van der Waals surface area contributed by atoms with Crippen LogP contribution in [0.15, 0.2) is 57.4 Å².